The standard InChI is InChI=1S/C25H23FN2O2S/c1-4-19-7-5-6-8-22(19)28-16(2)13-20(17(28)3)14-23-24(29)27(25(30)31-23)15-18-9-11-21(26)12-10-18/h5-14H,4,15H2,1-3H3/b23-14-. The van der Waals surface area contributed by atoms with Crippen LogP contribution >= 0.6 is 11.8 Å². The zero-order valence-electron chi connectivity index (χ0n) is 17.7. The van der Waals surface area contributed by atoms with Gasteiger partial charge in [0.1, 0.15) is 5.82 Å². The number of imide groups is 1. The molecule has 0 N–H and O–H groups in total. The van der Waals surface area contributed by atoms with E-state index in [1.54, 1.807) is 18.2 Å². The van der Waals surface area contributed by atoms with Crippen LogP contribution in [0.4, 0.5) is 9.18 Å². The number of para-hydroxylation sites is 1. The molecule has 1 aliphatic heterocycles. The lowest BCUT2D eigenvalue weighted by atomic mass is 10.1. The van der Waals surface area contributed by atoms with E-state index in [-0.39, 0.29) is 23.5 Å². The normalized spacial score (nSPS) is 15.4. The Bertz CT molecular complexity index is 1190. The summed E-state index contributed by atoms with van der Waals surface area (Å²) in [5.74, 6) is -0.670. The number of aromatic nitrogens is 1. The summed E-state index contributed by atoms with van der Waals surface area (Å²) in [6.07, 6.45) is 2.72. The number of amides is 2. The Morgan fingerprint density at radius 1 is 1.03 bits per heavy atom. The van der Waals surface area contributed by atoms with Gasteiger partial charge >= 0.3 is 0 Å². The highest BCUT2D eigenvalue weighted by atomic mass is 32.2. The zero-order valence-corrected chi connectivity index (χ0v) is 18.5. The number of halogens is 1. The van der Waals surface area contributed by atoms with Crippen molar-refractivity contribution in [3.05, 3.63) is 93.4 Å². The number of thioether (sulfide) groups is 1. The van der Waals surface area contributed by atoms with Crippen molar-refractivity contribution in [1.82, 2.24) is 9.47 Å². The smallest absolute Gasteiger partial charge is 0.293 e. The summed E-state index contributed by atoms with van der Waals surface area (Å²) in [4.78, 5) is 27.0. The maximum absolute atomic E-state index is 13.1. The van der Waals surface area contributed by atoms with Crippen molar-refractivity contribution in [2.24, 2.45) is 0 Å². The monoisotopic (exact) mass is 434 g/mol. The van der Waals surface area contributed by atoms with Crippen molar-refractivity contribution in [2.45, 2.75) is 33.7 Å². The zero-order chi connectivity index (χ0) is 22.1. The van der Waals surface area contributed by atoms with Gasteiger partial charge in [-0.15, -0.1) is 0 Å². The molecular formula is C25H23FN2O2S. The summed E-state index contributed by atoms with van der Waals surface area (Å²) in [7, 11) is 0. The molecule has 0 spiro atoms. The highest BCUT2D eigenvalue weighted by Crippen LogP contribution is 2.35. The predicted molar refractivity (Wildman–Crippen MR) is 123 cm³/mol. The first-order valence-corrected chi connectivity index (χ1v) is 11.0. The van der Waals surface area contributed by atoms with Gasteiger partial charge in [-0.1, -0.05) is 37.3 Å². The minimum Gasteiger partial charge on any atom is -0.318 e. The summed E-state index contributed by atoms with van der Waals surface area (Å²) < 4.78 is 15.3. The van der Waals surface area contributed by atoms with Crippen molar-refractivity contribution in [3.63, 3.8) is 0 Å². The van der Waals surface area contributed by atoms with E-state index in [2.05, 4.69) is 23.6 Å². The third-order valence-corrected chi connectivity index (χ3v) is 6.41. The van der Waals surface area contributed by atoms with Gasteiger partial charge in [-0.25, -0.2) is 4.39 Å². The molecular weight excluding hydrogens is 411 g/mol. The molecule has 0 saturated carbocycles. The maximum Gasteiger partial charge on any atom is 0.293 e. The molecule has 6 heteroatoms. The van der Waals surface area contributed by atoms with E-state index in [1.807, 2.05) is 32.0 Å². The van der Waals surface area contributed by atoms with Crippen molar-refractivity contribution in [3.8, 4) is 5.69 Å². The van der Waals surface area contributed by atoms with Crippen LogP contribution in [0.5, 0.6) is 0 Å². The molecule has 1 saturated heterocycles. The molecule has 158 valence electrons. The van der Waals surface area contributed by atoms with Crippen LogP contribution in [0.25, 0.3) is 11.8 Å². The van der Waals surface area contributed by atoms with E-state index in [0.717, 1.165) is 40.8 Å². The first-order chi connectivity index (χ1) is 14.9. The number of carbonyl (C=O) groups excluding carboxylic acids is 2. The molecule has 0 atom stereocenters. The lowest BCUT2D eigenvalue weighted by Gasteiger charge is -2.14. The fraction of sp³-hybridized carbons (Fsp3) is 0.200. The van der Waals surface area contributed by atoms with Crippen LogP contribution in [0.3, 0.4) is 0 Å². The average Bonchev–Trinajstić information content (AvgIpc) is 3.18. The number of benzene rings is 2. The molecule has 31 heavy (non-hydrogen) atoms. The molecule has 0 aliphatic carbocycles. The molecule has 0 unspecified atom stereocenters. The van der Waals surface area contributed by atoms with Gasteiger partial charge < -0.3 is 4.57 Å². The number of hydrogen-bond acceptors (Lipinski definition) is 3. The Balaban J connectivity index is 1.64. The lowest BCUT2D eigenvalue weighted by molar-refractivity contribution is -0.123. The fourth-order valence-electron chi connectivity index (χ4n) is 3.88. The first kappa shape index (κ1) is 21.1. The van der Waals surface area contributed by atoms with E-state index >= 15 is 0 Å². The van der Waals surface area contributed by atoms with E-state index in [0.29, 0.717) is 10.5 Å². The lowest BCUT2D eigenvalue weighted by Crippen LogP contribution is -2.27. The topological polar surface area (TPSA) is 42.3 Å². The van der Waals surface area contributed by atoms with Gasteiger partial charge in [0.25, 0.3) is 11.1 Å². The van der Waals surface area contributed by atoms with Crippen LogP contribution in [0.1, 0.15) is 35.0 Å². The summed E-state index contributed by atoms with van der Waals surface area (Å²) in [6, 6.07) is 16.1. The summed E-state index contributed by atoms with van der Waals surface area (Å²) >= 11 is 0.942. The first-order valence-electron chi connectivity index (χ1n) is 10.2. The van der Waals surface area contributed by atoms with Crippen LogP contribution in [0.15, 0.2) is 59.5 Å². The van der Waals surface area contributed by atoms with Crippen molar-refractivity contribution >= 4 is 29.0 Å². The highest BCUT2D eigenvalue weighted by molar-refractivity contribution is 8.18. The van der Waals surface area contributed by atoms with Gasteiger partial charge in [-0.2, -0.15) is 0 Å². The second-order valence-electron chi connectivity index (χ2n) is 7.54. The molecule has 2 amide bonds. The van der Waals surface area contributed by atoms with Gasteiger partial charge in [0.05, 0.1) is 11.4 Å². The number of rotatable bonds is 5. The van der Waals surface area contributed by atoms with Crippen LogP contribution in [-0.4, -0.2) is 20.6 Å². The number of carbonyl (C=O) groups is 2. The Labute approximate surface area is 185 Å². The van der Waals surface area contributed by atoms with Crippen molar-refractivity contribution in [2.75, 3.05) is 0 Å². The van der Waals surface area contributed by atoms with Crippen LogP contribution in [0.2, 0.25) is 0 Å². The SMILES string of the molecule is CCc1ccccc1-n1c(C)cc(/C=C2\SC(=O)N(Cc3ccc(F)cc3)C2=O)c1C. The van der Waals surface area contributed by atoms with Crippen LogP contribution in [-0.2, 0) is 17.8 Å². The van der Waals surface area contributed by atoms with Gasteiger partial charge in [0, 0.05) is 17.1 Å². The fourth-order valence-corrected chi connectivity index (χ4v) is 4.71. The number of hydrogen-bond donors (Lipinski definition) is 0. The second kappa shape index (κ2) is 8.55. The summed E-state index contributed by atoms with van der Waals surface area (Å²) in [5, 5.41) is -0.314. The summed E-state index contributed by atoms with van der Waals surface area (Å²) in [5.41, 5.74) is 6.08. The van der Waals surface area contributed by atoms with E-state index < -0.39 is 0 Å². The van der Waals surface area contributed by atoms with Crippen LogP contribution < -0.4 is 0 Å². The quantitative estimate of drug-likeness (QED) is 0.460. The average molecular weight is 435 g/mol. The molecule has 1 fully saturated rings. The van der Waals surface area contributed by atoms with E-state index in [9.17, 15) is 14.0 Å². The number of aryl methyl sites for hydroxylation is 2. The largest absolute Gasteiger partial charge is 0.318 e. The van der Waals surface area contributed by atoms with Gasteiger partial charge in [-0.05, 0) is 79.1 Å². The Kier molecular flexibility index (Phi) is 5.83. The Morgan fingerprint density at radius 3 is 2.45 bits per heavy atom. The van der Waals surface area contributed by atoms with E-state index in [4.69, 9.17) is 0 Å². The van der Waals surface area contributed by atoms with E-state index in [1.165, 1.54) is 22.6 Å². The van der Waals surface area contributed by atoms with Crippen molar-refractivity contribution < 1.29 is 14.0 Å². The molecule has 1 aromatic heterocycles. The molecule has 3 aromatic rings. The molecule has 1 aliphatic rings. The minimum absolute atomic E-state index is 0.130. The third-order valence-electron chi connectivity index (χ3n) is 5.50. The third kappa shape index (κ3) is 4.08. The molecule has 4 rings (SSSR count). The molecule has 0 bridgehead atoms. The molecule has 2 aromatic carbocycles. The molecule has 2 heterocycles. The molecule has 0 radical (unpaired) electrons. The van der Waals surface area contributed by atoms with Gasteiger partial charge in [0.2, 0.25) is 0 Å². The minimum atomic E-state index is -0.349. The highest BCUT2D eigenvalue weighted by Gasteiger charge is 2.35. The Hall–Kier alpha value is -3.12. The van der Waals surface area contributed by atoms with Gasteiger partial charge in [0.15, 0.2) is 0 Å². The van der Waals surface area contributed by atoms with Crippen molar-refractivity contribution in [1.29, 1.82) is 0 Å². The molecule has 4 nitrogen and oxygen atoms in total. The van der Waals surface area contributed by atoms with Crippen LogP contribution in [0, 0.1) is 19.7 Å². The Morgan fingerprint density at radius 2 is 1.74 bits per heavy atom. The second-order valence-corrected chi connectivity index (χ2v) is 8.53. The number of nitrogens with zero attached hydrogens (tertiary/aromatic N) is 2. The van der Waals surface area contributed by atoms with Gasteiger partial charge in [-0.3, -0.25) is 14.5 Å². The maximum atomic E-state index is 13.1. The predicted octanol–water partition coefficient (Wildman–Crippen LogP) is 6.03. The summed E-state index contributed by atoms with van der Waals surface area (Å²) in [6.45, 7) is 6.32.